The highest BCUT2D eigenvalue weighted by Gasteiger charge is 2.25. The Morgan fingerprint density at radius 3 is 2.27 bits per heavy atom. The summed E-state index contributed by atoms with van der Waals surface area (Å²) in [7, 11) is 3.23. The number of benzene rings is 1. The summed E-state index contributed by atoms with van der Waals surface area (Å²) in [6.45, 7) is 13.0. The normalized spacial score (nSPS) is 11.3. The molecule has 0 radical (unpaired) electrons. The predicted molar refractivity (Wildman–Crippen MR) is 149 cm³/mol. The van der Waals surface area contributed by atoms with E-state index < -0.39 is 0 Å². The summed E-state index contributed by atoms with van der Waals surface area (Å²) < 4.78 is 16.3. The number of methoxy groups -OCH3 is 2. The molecule has 0 bridgehead atoms. The second-order valence-corrected chi connectivity index (χ2v) is 11.7. The number of hydrogen-bond acceptors (Lipinski definition) is 6. The molecule has 0 fully saturated rings. The first kappa shape index (κ1) is 30.6. The third-order valence-corrected chi connectivity index (χ3v) is 6.88. The van der Waals surface area contributed by atoms with Crippen LogP contribution in [0.25, 0.3) is 0 Å². The van der Waals surface area contributed by atoms with Crippen LogP contribution >= 0.6 is 11.3 Å². The largest absolute Gasteiger partial charge is 0.493 e. The number of nitrogens with zero attached hydrogens (tertiary/aromatic N) is 2. The zero-order chi connectivity index (χ0) is 27.4. The van der Waals surface area contributed by atoms with Gasteiger partial charge in [0, 0.05) is 42.5 Å². The second-order valence-electron chi connectivity index (χ2n) is 10.4. The third-order valence-electron chi connectivity index (χ3n) is 5.89. The van der Waals surface area contributed by atoms with Crippen molar-refractivity contribution in [2.45, 2.75) is 60.4 Å². The van der Waals surface area contributed by atoms with Crippen molar-refractivity contribution in [1.82, 2.24) is 9.80 Å². The topological polar surface area (TPSA) is 68.3 Å². The molecular formula is C29H44N2O5S. The van der Waals surface area contributed by atoms with Crippen molar-refractivity contribution < 1.29 is 23.8 Å². The molecule has 8 heteroatoms. The number of aryl methyl sites for hydroxylation is 1. The van der Waals surface area contributed by atoms with Crippen LogP contribution in [-0.4, -0.2) is 68.7 Å². The minimum atomic E-state index is -0.153. The molecule has 1 heterocycles. The summed E-state index contributed by atoms with van der Waals surface area (Å²) in [6, 6.07) is 9.97. The van der Waals surface area contributed by atoms with Gasteiger partial charge >= 0.3 is 0 Å². The Hall–Kier alpha value is -2.58. The van der Waals surface area contributed by atoms with Crippen LogP contribution in [0.15, 0.2) is 30.3 Å². The Labute approximate surface area is 226 Å². The van der Waals surface area contributed by atoms with Gasteiger partial charge in [-0.05, 0) is 61.9 Å². The number of rotatable bonds is 15. The summed E-state index contributed by atoms with van der Waals surface area (Å²) in [5, 5.41) is 0. The van der Waals surface area contributed by atoms with Crippen molar-refractivity contribution in [3.63, 3.8) is 0 Å². The van der Waals surface area contributed by atoms with Crippen LogP contribution in [0.4, 0.5) is 0 Å². The maximum atomic E-state index is 13.6. The lowest BCUT2D eigenvalue weighted by Gasteiger charge is -2.29. The molecule has 0 aliphatic rings. The van der Waals surface area contributed by atoms with Gasteiger partial charge in [0.1, 0.15) is 0 Å². The monoisotopic (exact) mass is 532 g/mol. The van der Waals surface area contributed by atoms with Crippen molar-refractivity contribution in [1.29, 1.82) is 0 Å². The lowest BCUT2D eigenvalue weighted by atomic mass is 9.91. The molecular weight excluding hydrogens is 488 g/mol. The van der Waals surface area contributed by atoms with E-state index in [0.29, 0.717) is 63.6 Å². The number of ether oxygens (including phenoxy) is 3. The Kier molecular flexibility index (Phi) is 12.4. The average Bonchev–Trinajstić information content (AvgIpc) is 3.26. The summed E-state index contributed by atoms with van der Waals surface area (Å²) in [6.07, 6.45) is 1.76. The van der Waals surface area contributed by atoms with Crippen LogP contribution in [0.1, 0.15) is 55.9 Å². The summed E-state index contributed by atoms with van der Waals surface area (Å²) in [5.74, 6) is 1.29. The molecule has 0 N–H and O–H groups in total. The quantitative estimate of drug-likeness (QED) is 0.290. The SMILES string of the molecule is CCOCCCN(CC(=O)N(CCc1ccc(OC)c(OC)c1)Cc1ccc(C)s1)C(=O)CC(C)(C)C. The molecule has 0 aliphatic heterocycles. The van der Waals surface area contributed by atoms with Gasteiger partial charge in [0.15, 0.2) is 11.5 Å². The first-order valence-electron chi connectivity index (χ1n) is 13.0. The molecule has 0 saturated heterocycles. The van der Waals surface area contributed by atoms with E-state index in [-0.39, 0.29) is 23.8 Å². The number of hydrogen-bond donors (Lipinski definition) is 0. The molecule has 0 atom stereocenters. The lowest BCUT2D eigenvalue weighted by molar-refractivity contribution is -0.142. The molecule has 1 aromatic carbocycles. The Morgan fingerprint density at radius 2 is 1.68 bits per heavy atom. The van der Waals surface area contributed by atoms with Gasteiger partial charge in [0.25, 0.3) is 0 Å². The Bertz CT molecular complexity index is 998. The van der Waals surface area contributed by atoms with E-state index in [1.165, 1.54) is 4.88 Å². The van der Waals surface area contributed by atoms with Crippen LogP contribution in [0.2, 0.25) is 0 Å². The first-order valence-corrected chi connectivity index (χ1v) is 13.8. The summed E-state index contributed by atoms with van der Waals surface area (Å²) >= 11 is 1.69. The third kappa shape index (κ3) is 10.7. The first-order chi connectivity index (χ1) is 17.6. The van der Waals surface area contributed by atoms with Crippen LogP contribution in [0.3, 0.4) is 0 Å². The second kappa shape index (κ2) is 15.0. The van der Waals surface area contributed by atoms with E-state index in [9.17, 15) is 9.59 Å². The van der Waals surface area contributed by atoms with Gasteiger partial charge in [-0.1, -0.05) is 26.8 Å². The lowest BCUT2D eigenvalue weighted by Crippen LogP contribution is -2.44. The molecule has 0 saturated carbocycles. The van der Waals surface area contributed by atoms with E-state index in [4.69, 9.17) is 14.2 Å². The highest BCUT2D eigenvalue weighted by molar-refractivity contribution is 7.11. The van der Waals surface area contributed by atoms with Crippen LogP contribution in [0.5, 0.6) is 11.5 Å². The summed E-state index contributed by atoms with van der Waals surface area (Å²) in [5.41, 5.74) is 0.898. The maximum absolute atomic E-state index is 13.6. The standard InChI is InChI=1S/C29H44N2O5S/c1-8-36-17-9-15-30(27(32)19-29(3,4)5)21-28(33)31(20-24-12-10-22(2)37-24)16-14-23-11-13-25(34-6)26(18-23)35-7/h10-13,18H,8-9,14-17,19-21H2,1-7H3. The van der Waals surface area contributed by atoms with Crippen molar-refractivity contribution >= 4 is 23.2 Å². The fraction of sp³-hybridized carbons (Fsp3) is 0.586. The summed E-state index contributed by atoms with van der Waals surface area (Å²) in [4.78, 5) is 32.7. The molecule has 0 aliphatic carbocycles. The number of thiophene rings is 1. The van der Waals surface area contributed by atoms with Gasteiger partial charge in [0.2, 0.25) is 11.8 Å². The van der Waals surface area contributed by atoms with Gasteiger partial charge in [0.05, 0.1) is 27.3 Å². The maximum Gasteiger partial charge on any atom is 0.242 e. The molecule has 1 aromatic heterocycles. The average molecular weight is 533 g/mol. The smallest absolute Gasteiger partial charge is 0.242 e. The number of carbonyl (C=O) groups is 2. The number of amides is 2. The van der Waals surface area contributed by atoms with Crippen LogP contribution in [0, 0.1) is 12.3 Å². The predicted octanol–water partition coefficient (Wildman–Crippen LogP) is 5.34. The molecule has 206 valence electrons. The molecule has 0 unspecified atom stereocenters. The minimum absolute atomic E-state index is 0.00385. The molecule has 37 heavy (non-hydrogen) atoms. The van der Waals surface area contributed by atoms with E-state index in [1.807, 2.05) is 50.8 Å². The van der Waals surface area contributed by atoms with Gasteiger partial charge < -0.3 is 24.0 Å². The highest BCUT2D eigenvalue weighted by Crippen LogP contribution is 2.28. The fourth-order valence-corrected chi connectivity index (χ4v) is 4.88. The molecule has 7 nitrogen and oxygen atoms in total. The van der Waals surface area contributed by atoms with Gasteiger partial charge in [-0.2, -0.15) is 0 Å². The number of carbonyl (C=O) groups excluding carboxylic acids is 2. The van der Waals surface area contributed by atoms with E-state index in [1.54, 1.807) is 30.5 Å². The fourth-order valence-electron chi connectivity index (χ4n) is 3.97. The molecule has 2 rings (SSSR count). The molecule has 0 spiro atoms. The Morgan fingerprint density at radius 1 is 0.946 bits per heavy atom. The van der Waals surface area contributed by atoms with Crippen molar-refractivity contribution in [2.75, 3.05) is 47.1 Å². The zero-order valence-electron chi connectivity index (χ0n) is 23.6. The van der Waals surface area contributed by atoms with E-state index in [0.717, 1.165) is 10.4 Å². The van der Waals surface area contributed by atoms with E-state index in [2.05, 4.69) is 19.1 Å². The molecule has 2 aromatic rings. The van der Waals surface area contributed by atoms with Crippen molar-refractivity contribution in [3.8, 4) is 11.5 Å². The van der Waals surface area contributed by atoms with Gasteiger partial charge in [-0.15, -0.1) is 11.3 Å². The van der Waals surface area contributed by atoms with E-state index >= 15 is 0 Å². The van der Waals surface area contributed by atoms with Gasteiger partial charge in [-0.3, -0.25) is 9.59 Å². The molecule has 2 amide bonds. The van der Waals surface area contributed by atoms with Crippen molar-refractivity contribution in [2.24, 2.45) is 5.41 Å². The van der Waals surface area contributed by atoms with Crippen molar-refractivity contribution in [3.05, 3.63) is 45.6 Å². The highest BCUT2D eigenvalue weighted by atomic mass is 32.1. The Balaban J connectivity index is 2.19. The van der Waals surface area contributed by atoms with Gasteiger partial charge in [-0.25, -0.2) is 0 Å². The van der Waals surface area contributed by atoms with Crippen LogP contribution < -0.4 is 9.47 Å². The van der Waals surface area contributed by atoms with Crippen LogP contribution in [-0.2, 0) is 27.3 Å². The zero-order valence-corrected chi connectivity index (χ0v) is 24.4. The minimum Gasteiger partial charge on any atom is -0.493 e.